The molecule has 2 amide bonds. The van der Waals surface area contributed by atoms with Crippen LogP contribution in [0.2, 0.25) is 0 Å². The van der Waals surface area contributed by atoms with E-state index in [4.69, 9.17) is 0 Å². The number of hydrogen-bond donors (Lipinski definition) is 3. The quantitative estimate of drug-likeness (QED) is 0.489. The van der Waals surface area contributed by atoms with Crippen molar-refractivity contribution < 1.29 is 22.9 Å². The molecule has 162 valence electrons. The number of sulfonamides is 1. The van der Waals surface area contributed by atoms with Crippen molar-refractivity contribution in [2.45, 2.75) is 38.0 Å². The highest BCUT2D eigenvalue weighted by Gasteiger charge is 2.31. The second-order valence-corrected chi connectivity index (χ2v) is 9.62. The van der Waals surface area contributed by atoms with Crippen molar-refractivity contribution in [2.75, 3.05) is 45.8 Å². The zero-order chi connectivity index (χ0) is 21.4. The Morgan fingerprint density at radius 1 is 1.07 bits per heavy atom. The number of piperazine rings is 1. The third-order valence-corrected chi connectivity index (χ3v) is 6.96. The predicted molar refractivity (Wildman–Crippen MR) is 111 cm³/mol. The Morgan fingerprint density at radius 3 is 2.24 bits per heavy atom. The Bertz CT molecular complexity index is 785. The van der Waals surface area contributed by atoms with E-state index in [1.807, 2.05) is 19.1 Å². The summed E-state index contributed by atoms with van der Waals surface area (Å²) in [6, 6.07) is 7.06. The largest absolute Gasteiger partial charge is 0.355 e. The van der Waals surface area contributed by atoms with Gasteiger partial charge in [0.2, 0.25) is 15.9 Å². The number of benzene rings is 1. The first-order valence-electron chi connectivity index (χ1n) is 10.2. The molecule has 8 nitrogen and oxygen atoms in total. The Kier molecular flexibility index (Phi) is 8.60. The molecule has 1 fully saturated rings. The van der Waals surface area contributed by atoms with Crippen LogP contribution in [0, 0.1) is 0 Å². The van der Waals surface area contributed by atoms with Gasteiger partial charge in [0, 0.05) is 6.54 Å². The van der Waals surface area contributed by atoms with Gasteiger partial charge in [0.1, 0.15) is 0 Å². The lowest BCUT2D eigenvalue weighted by molar-refractivity contribution is -0.895. The van der Waals surface area contributed by atoms with Crippen molar-refractivity contribution >= 4 is 21.8 Å². The van der Waals surface area contributed by atoms with Gasteiger partial charge in [-0.3, -0.25) is 9.59 Å². The third kappa shape index (κ3) is 6.80. The first-order valence-corrected chi connectivity index (χ1v) is 11.6. The maximum absolute atomic E-state index is 12.9. The molecular formula is C20H33N4O4S+. The van der Waals surface area contributed by atoms with Crippen molar-refractivity contribution in [3.8, 4) is 0 Å². The van der Waals surface area contributed by atoms with Crippen LogP contribution in [0.3, 0.4) is 0 Å². The van der Waals surface area contributed by atoms with Crippen LogP contribution in [-0.4, -0.2) is 70.4 Å². The molecule has 1 aromatic carbocycles. The summed E-state index contributed by atoms with van der Waals surface area (Å²) in [7, 11) is -3.52. The zero-order valence-electron chi connectivity index (χ0n) is 17.5. The molecule has 1 saturated heterocycles. The molecule has 29 heavy (non-hydrogen) atoms. The minimum Gasteiger partial charge on any atom is -0.355 e. The van der Waals surface area contributed by atoms with Crippen LogP contribution in [0.25, 0.3) is 0 Å². The average molecular weight is 426 g/mol. The lowest BCUT2D eigenvalue weighted by atomic mass is 10.0. The van der Waals surface area contributed by atoms with Crippen molar-refractivity contribution in [2.24, 2.45) is 0 Å². The second kappa shape index (κ2) is 10.7. The zero-order valence-corrected chi connectivity index (χ0v) is 18.3. The van der Waals surface area contributed by atoms with E-state index in [0.717, 1.165) is 16.9 Å². The third-order valence-electron chi connectivity index (χ3n) is 5.04. The molecule has 2 rings (SSSR count). The summed E-state index contributed by atoms with van der Waals surface area (Å²) >= 11 is 0. The van der Waals surface area contributed by atoms with Crippen LogP contribution in [-0.2, 0) is 19.6 Å². The Balaban J connectivity index is 1.82. The van der Waals surface area contributed by atoms with Gasteiger partial charge in [-0.1, -0.05) is 32.9 Å². The maximum atomic E-state index is 12.9. The average Bonchev–Trinajstić information content (AvgIpc) is 2.71. The highest BCUT2D eigenvalue weighted by Crippen LogP contribution is 2.20. The molecule has 0 atom stereocenters. The van der Waals surface area contributed by atoms with Gasteiger partial charge in [-0.15, -0.1) is 0 Å². The highest BCUT2D eigenvalue weighted by atomic mass is 32.2. The van der Waals surface area contributed by atoms with E-state index in [2.05, 4.69) is 24.5 Å². The number of rotatable bonds is 9. The number of nitrogens with zero attached hydrogens (tertiary/aromatic N) is 1. The molecule has 0 aliphatic carbocycles. The van der Waals surface area contributed by atoms with Crippen LogP contribution < -0.4 is 15.5 Å². The fourth-order valence-corrected chi connectivity index (χ4v) is 4.63. The highest BCUT2D eigenvalue weighted by molar-refractivity contribution is 7.89. The normalized spacial score (nSPS) is 16.0. The summed E-state index contributed by atoms with van der Waals surface area (Å²) in [5.74, 6) is -0.0513. The second-order valence-electron chi connectivity index (χ2n) is 7.68. The number of amides is 2. The molecular weight excluding hydrogens is 392 g/mol. The Hall–Kier alpha value is -1.97. The fourth-order valence-electron chi connectivity index (χ4n) is 3.19. The van der Waals surface area contributed by atoms with E-state index in [-0.39, 0.29) is 24.9 Å². The minimum absolute atomic E-state index is 0.0288. The lowest BCUT2D eigenvalue weighted by Gasteiger charge is -2.31. The number of carbonyl (C=O) groups excluding carboxylic acids is 2. The molecule has 0 radical (unpaired) electrons. The molecule has 0 aromatic heterocycles. The molecule has 0 unspecified atom stereocenters. The summed E-state index contributed by atoms with van der Waals surface area (Å²) < 4.78 is 27.2. The first kappa shape index (κ1) is 23.3. The summed E-state index contributed by atoms with van der Waals surface area (Å²) in [6.07, 6.45) is 0.846. The Morgan fingerprint density at radius 2 is 1.69 bits per heavy atom. The molecule has 3 N–H and O–H groups in total. The van der Waals surface area contributed by atoms with E-state index in [0.29, 0.717) is 43.5 Å². The first-order chi connectivity index (χ1) is 13.7. The van der Waals surface area contributed by atoms with Gasteiger partial charge in [0.25, 0.3) is 5.91 Å². The van der Waals surface area contributed by atoms with Crippen LogP contribution in [0.5, 0.6) is 0 Å². The molecule has 9 heteroatoms. The van der Waals surface area contributed by atoms with Gasteiger partial charge >= 0.3 is 0 Å². The van der Waals surface area contributed by atoms with Crippen LogP contribution in [0.4, 0.5) is 0 Å². The van der Waals surface area contributed by atoms with Crippen molar-refractivity contribution in [3.05, 3.63) is 29.8 Å². The van der Waals surface area contributed by atoms with E-state index in [9.17, 15) is 18.0 Å². The Labute approximate surface area is 173 Å². The van der Waals surface area contributed by atoms with E-state index in [1.165, 1.54) is 4.31 Å². The predicted octanol–water partition coefficient (Wildman–Crippen LogP) is -0.658. The van der Waals surface area contributed by atoms with E-state index < -0.39 is 10.0 Å². The van der Waals surface area contributed by atoms with Gasteiger partial charge in [-0.25, -0.2) is 8.42 Å². The van der Waals surface area contributed by atoms with Gasteiger partial charge in [-0.05, 0) is 30.0 Å². The van der Waals surface area contributed by atoms with Crippen LogP contribution >= 0.6 is 0 Å². The molecule has 1 aliphatic rings. The smallest absolute Gasteiger partial charge is 0.275 e. The fraction of sp³-hybridized carbons (Fsp3) is 0.600. The molecule has 1 heterocycles. The topological polar surface area (TPSA) is 100 Å². The SMILES string of the molecule is CCCNC(=O)CNC(=O)C[NH+]1CCN(S(=O)(=O)c2ccc(C(C)C)cc2)CC1. The van der Waals surface area contributed by atoms with Crippen molar-refractivity contribution in [1.82, 2.24) is 14.9 Å². The maximum Gasteiger partial charge on any atom is 0.275 e. The van der Waals surface area contributed by atoms with Crippen molar-refractivity contribution in [1.29, 1.82) is 0 Å². The minimum atomic E-state index is -3.52. The molecule has 1 aromatic rings. The molecule has 1 aliphatic heterocycles. The number of quaternary nitrogens is 1. The van der Waals surface area contributed by atoms with Gasteiger partial charge in [-0.2, -0.15) is 4.31 Å². The monoisotopic (exact) mass is 425 g/mol. The van der Waals surface area contributed by atoms with E-state index in [1.54, 1.807) is 12.1 Å². The van der Waals surface area contributed by atoms with Crippen molar-refractivity contribution in [3.63, 3.8) is 0 Å². The van der Waals surface area contributed by atoms with Gasteiger partial charge in [0.15, 0.2) is 6.54 Å². The summed E-state index contributed by atoms with van der Waals surface area (Å²) in [6.45, 7) is 8.74. The number of hydrogen-bond acceptors (Lipinski definition) is 4. The number of carbonyl (C=O) groups is 2. The summed E-state index contributed by atoms with van der Waals surface area (Å²) in [5.41, 5.74) is 1.10. The lowest BCUT2D eigenvalue weighted by Crippen LogP contribution is -3.15. The van der Waals surface area contributed by atoms with Crippen LogP contribution in [0.15, 0.2) is 29.2 Å². The van der Waals surface area contributed by atoms with Gasteiger partial charge < -0.3 is 15.5 Å². The number of nitrogens with one attached hydrogen (secondary N) is 3. The molecule has 0 saturated carbocycles. The molecule has 0 bridgehead atoms. The van der Waals surface area contributed by atoms with Gasteiger partial charge in [0.05, 0.1) is 37.6 Å². The summed E-state index contributed by atoms with van der Waals surface area (Å²) in [4.78, 5) is 24.9. The van der Waals surface area contributed by atoms with E-state index >= 15 is 0 Å². The summed E-state index contributed by atoms with van der Waals surface area (Å²) in [5, 5.41) is 5.32. The standard InChI is InChI=1S/C20H32N4O4S/c1-4-9-21-19(25)14-22-20(26)15-23-10-12-24(13-11-23)29(27,28)18-7-5-17(6-8-18)16(2)3/h5-8,16H,4,9-15H2,1-3H3,(H,21,25)(H,22,26)/p+1. The molecule has 0 spiro atoms. The van der Waals surface area contributed by atoms with Crippen LogP contribution in [0.1, 0.15) is 38.7 Å².